The lowest BCUT2D eigenvalue weighted by Gasteiger charge is -2.16. The Morgan fingerprint density at radius 1 is 1.41 bits per heavy atom. The normalized spacial score (nSPS) is 15.2. The van der Waals surface area contributed by atoms with Gasteiger partial charge >= 0.3 is 0 Å². The third-order valence-corrected chi connectivity index (χ3v) is 3.28. The molecule has 1 rings (SSSR count). The first-order valence-corrected chi connectivity index (χ1v) is 6.00. The average Bonchev–Trinajstić information content (AvgIpc) is 2.28. The molecule has 0 heterocycles. The molecule has 3 atom stereocenters. The van der Waals surface area contributed by atoms with Crippen molar-refractivity contribution < 1.29 is 8.76 Å². The van der Waals surface area contributed by atoms with E-state index < -0.39 is 16.3 Å². The average molecular weight is 274 g/mol. The van der Waals surface area contributed by atoms with Gasteiger partial charge < -0.3 is 10.3 Å². The fourth-order valence-corrected chi connectivity index (χ4v) is 1.72. The first-order valence-electron chi connectivity index (χ1n) is 4.86. The molecular formula is C11H14ClN2O2S-. The molecule has 0 bridgehead atoms. The second-order valence-electron chi connectivity index (χ2n) is 3.54. The fourth-order valence-electron chi connectivity index (χ4n) is 1.34. The third-order valence-electron chi connectivity index (χ3n) is 2.43. The highest BCUT2D eigenvalue weighted by molar-refractivity contribution is 7.79. The highest BCUT2D eigenvalue weighted by Crippen LogP contribution is 2.21. The summed E-state index contributed by atoms with van der Waals surface area (Å²) in [7, 11) is 0. The summed E-state index contributed by atoms with van der Waals surface area (Å²) in [5.41, 5.74) is 7.31. The Balaban J connectivity index is 0.00000256. The van der Waals surface area contributed by atoms with Gasteiger partial charge in [-0.15, -0.1) is 12.4 Å². The Hall–Kier alpha value is -0.930. The summed E-state index contributed by atoms with van der Waals surface area (Å²) in [5.74, 6) is 0. The van der Waals surface area contributed by atoms with Crippen molar-refractivity contribution in [3.63, 3.8) is 0 Å². The van der Waals surface area contributed by atoms with Crippen LogP contribution in [0.5, 0.6) is 0 Å². The lowest BCUT2D eigenvalue weighted by atomic mass is 10.0. The van der Waals surface area contributed by atoms with Crippen LogP contribution in [0.1, 0.15) is 35.8 Å². The number of nitrogens with two attached hydrogens (primary N) is 1. The van der Waals surface area contributed by atoms with E-state index in [2.05, 4.69) is 0 Å². The van der Waals surface area contributed by atoms with E-state index in [1.165, 1.54) is 0 Å². The monoisotopic (exact) mass is 273 g/mol. The highest BCUT2D eigenvalue weighted by Gasteiger charge is 2.08. The molecule has 1 aromatic rings. The van der Waals surface area contributed by atoms with Gasteiger partial charge in [0.15, 0.2) is 0 Å². The van der Waals surface area contributed by atoms with Crippen LogP contribution in [0.3, 0.4) is 0 Å². The summed E-state index contributed by atoms with van der Waals surface area (Å²) in [4.78, 5) is 0. The van der Waals surface area contributed by atoms with Crippen LogP contribution < -0.4 is 5.73 Å². The number of halogens is 1. The number of benzene rings is 1. The van der Waals surface area contributed by atoms with Crippen molar-refractivity contribution in [2.24, 2.45) is 5.73 Å². The van der Waals surface area contributed by atoms with E-state index in [1.807, 2.05) is 6.07 Å². The standard InChI is InChI=1S/C11H14N2O2S.ClH/c1-8(16(14)15)9-2-4-10(5-3-9)11(13)6-7-12;/h2-5,8,11H,6,13H2,1H3,(H,14,15);1H/p-1/t8?,11-;/m0./s1. The van der Waals surface area contributed by atoms with Crippen LogP contribution in [0.2, 0.25) is 0 Å². The van der Waals surface area contributed by atoms with E-state index in [0.717, 1.165) is 11.1 Å². The van der Waals surface area contributed by atoms with Gasteiger partial charge in [0.2, 0.25) is 0 Å². The van der Waals surface area contributed by atoms with E-state index in [0.29, 0.717) is 0 Å². The molecule has 2 unspecified atom stereocenters. The summed E-state index contributed by atoms with van der Waals surface area (Å²) in [5, 5.41) is 7.98. The highest BCUT2D eigenvalue weighted by atomic mass is 35.5. The Bertz CT molecular complexity index is 416. The van der Waals surface area contributed by atoms with Gasteiger partial charge in [-0.3, -0.25) is 4.21 Å². The van der Waals surface area contributed by atoms with Crippen LogP contribution >= 0.6 is 12.4 Å². The number of nitriles is 1. The number of rotatable bonds is 4. The number of hydrogen-bond acceptors (Lipinski definition) is 4. The molecule has 0 aliphatic rings. The third kappa shape index (κ3) is 4.44. The SMILES string of the molecule is CC(c1ccc([C@@H](N)CC#N)cc1)S(=O)[O-].Cl. The Labute approximate surface area is 110 Å². The number of nitrogens with zero attached hydrogens (tertiary/aromatic N) is 1. The molecule has 0 radical (unpaired) electrons. The first kappa shape index (κ1) is 16.1. The minimum absolute atomic E-state index is 0. The zero-order valence-corrected chi connectivity index (χ0v) is 11.0. The van der Waals surface area contributed by atoms with Crippen molar-refractivity contribution >= 4 is 23.5 Å². The van der Waals surface area contributed by atoms with Gasteiger partial charge in [0.1, 0.15) is 0 Å². The summed E-state index contributed by atoms with van der Waals surface area (Å²) in [6.07, 6.45) is 0.252. The van der Waals surface area contributed by atoms with Crippen LogP contribution in [0, 0.1) is 11.3 Å². The molecule has 0 fully saturated rings. The summed E-state index contributed by atoms with van der Waals surface area (Å²) < 4.78 is 21.5. The van der Waals surface area contributed by atoms with Crippen LogP contribution in [0.25, 0.3) is 0 Å². The largest absolute Gasteiger partial charge is 0.772 e. The van der Waals surface area contributed by atoms with Crippen LogP contribution in [-0.2, 0) is 11.1 Å². The topological polar surface area (TPSA) is 89.9 Å². The molecule has 17 heavy (non-hydrogen) atoms. The van der Waals surface area contributed by atoms with Gasteiger partial charge in [-0.1, -0.05) is 24.3 Å². The van der Waals surface area contributed by atoms with Gasteiger partial charge in [-0.2, -0.15) is 5.26 Å². The van der Waals surface area contributed by atoms with E-state index in [-0.39, 0.29) is 24.9 Å². The Morgan fingerprint density at radius 3 is 2.29 bits per heavy atom. The van der Waals surface area contributed by atoms with Crippen molar-refractivity contribution in [2.45, 2.75) is 24.6 Å². The van der Waals surface area contributed by atoms with E-state index >= 15 is 0 Å². The van der Waals surface area contributed by atoms with E-state index in [1.54, 1.807) is 31.2 Å². The molecule has 0 saturated carbocycles. The fraction of sp³-hybridized carbons (Fsp3) is 0.364. The van der Waals surface area contributed by atoms with Crippen molar-refractivity contribution in [1.82, 2.24) is 0 Å². The zero-order chi connectivity index (χ0) is 12.1. The Kier molecular flexibility index (Phi) is 7.00. The lowest BCUT2D eigenvalue weighted by Crippen LogP contribution is -2.09. The van der Waals surface area contributed by atoms with Crippen LogP contribution in [0.15, 0.2) is 24.3 Å². The van der Waals surface area contributed by atoms with E-state index in [9.17, 15) is 8.76 Å². The van der Waals surface area contributed by atoms with Crippen LogP contribution in [-0.4, -0.2) is 8.76 Å². The first-order chi connectivity index (χ1) is 7.56. The quantitative estimate of drug-likeness (QED) is 0.849. The smallest absolute Gasteiger partial charge is 0.0641 e. The molecule has 0 saturated heterocycles. The molecule has 0 spiro atoms. The van der Waals surface area contributed by atoms with Gasteiger partial charge in [0.25, 0.3) is 0 Å². The van der Waals surface area contributed by atoms with Crippen LogP contribution in [0.4, 0.5) is 0 Å². The molecule has 0 aliphatic heterocycles. The molecule has 94 valence electrons. The maximum Gasteiger partial charge on any atom is 0.0641 e. The molecule has 0 aliphatic carbocycles. The predicted octanol–water partition coefficient (Wildman–Crippen LogP) is 1.96. The minimum atomic E-state index is -2.12. The molecule has 1 aromatic carbocycles. The second kappa shape index (κ2) is 7.41. The molecule has 0 aromatic heterocycles. The summed E-state index contributed by atoms with van der Waals surface area (Å²) in [6.45, 7) is 1.62. The lowest BCUT2D eigenvalue weighted by molar-refractivity contribution is 0.527. The maximum atomic E-state index is 10.8. The minimum Gasteiger partial charge on any atom is -0.772 e. The van der Waals surface area contributed by atoms with E-state index in [4.69, 9.17) is 11.0 Å². The predicted molar refractivity (Wildman–Crippen MR) is 68.2 cm³/mol. The molecule has 0 amide bonds. The van der Waals surface area contributed by atoms with Crippen molar-refractivity contribution in [1.29, 1.82) is 5.26 Å². The number of hydrogen-bond donors (Lipinski definition) is 1. The molecule has 2 N–H and O–H groups in total. The summed E-state index contributed by atoms with van der Waals surface area (Å²) in [6, 6.07) is 8.67. The van der Waals surface area contributed by atoms with Crippen molar-refractivity contribution in [3.8, 4) is 6.07 Å². The van der Waals surface area contributed by atoms with Gasteiger partial charge in [-0.25, -0.2) is 0 Å². The molecular weight excluding hydrogens is 260 g/mol. The van der Waals surface area contributed by atoms with Gasteiger partial charge in [0.05, 0.1) is 12.5 Å². The molecule has 6 heteroatoms. The molecule has 4 nitrogen and oxygen atoms in total. The second-order valence-corrected chi connectivity index (χ2v) is 4.77. The van der Waals surface area contributed by atoms with Gasteiger partial charge in [0, 0.05) is 11.3 Å². The maximum absolute atomic E-state index is 10.8. The summed E-state index contributed by atoms with van der Waals surface area (Å²) >= 11 is -2.12. The van der Waals surface area contributed by atoms with Crippen molar-refractivity contribution in [2.75, 3.05) is 0 Å². The Morgan fingerprint density at radius 2 is 1.88 bits per heavy atom. The van der Waals surface area contributed by atoms with Crippen molar-refractivity contribution in [3.05, 3.63) is 35.4 Å². The zero-order valence-electron chi connectivity index (χ0n) is 9.33. The van der Waals surface area contributed by atoms with Gasteiger partial charge in [-0.05, 0) is 29.1 Å².